The molecule has 0 heterocycles. The molecule has 0 aliphatic heterocycles. The zero-order valence-corrected chi connectivity index (χ0v) is 46.0. The topological polar surface area (TPSA) is 108 Å². The Hall–Kier alpha value is -1.28. The lowest BCUT2D eigenvalue weighted by Crippen LogP contribution is -2.46. The number of nitrogens with one attached hydrogen (secondary N) is 1. The van der Waals surface area contributed by atoms with E-state index in [-0.39, 0.29) is 19.1 Å². The first kappa shape index (κ1) is 65.7. The smallest absolute Gasteiger partial charge is 0.268 e. The molecular weight excluding hydrogens is 852 g/mol. The second kappa shape index (κ2) is 49.7. The zero-order chi connectivity index (χ0) is 49.2. The van der Waals surface area contributed by atoms with Gasteiger partial charge in [-0.05, 0) is 51.4 Å². The van der Waals surface area contributed by atoms with E-state index >= 15 is 0 Å². The third-order valence-corrected chi connectivity index (χ3v) is 14.1. The maximum Gasteiger partial charge on any atom is 0.268 e. The lowest BCUT2D eigenvalue weighted by atomic mass is 10.0. The van der Waals surface area contributed by atoms with Crippen LogP contribution in [0.1, 0.15) is 277 Å². The van der Waals surface area contributed by atoms with Crippen LogP contribution >= 0.6 is 7.82 Å². The van der Waals surface area contributed by atoms with Gasteiger partial charge in [0.1, 0.15) is 13.2 Å². The van der Waals surface area contributed by atoms with Crippen molar-refractivity contribution in [2.75, 3.05) is 40.9 Å². The quantitative estimate of drug-likeness (QED) is 0.0272. The number of rotatable bonds is 53. The van der Waals surface area contributed by atoms with Gasteiger partial charge in [-0.1, -0.05) is 256 Å². The van der Waals surface area contributed by atoms with Crippen molar-refractivity contribution in [3.63, 3.8) is 0 Å². The molecule has 3 unspecified atom stereocenters. The van der Waals surface area contributed by atoms with Gasteiger partial charge in [0.05, 0.1) is 39.9 Å². The highest BCUT2D eigenvalue weighted by Gasteiger charge is 2.24. The first-order chi connectivity index (χ1) is 32.5. The van der Waals surface area contributed by atoms with Crippen LogP contribution in [0.5, 0.6) is 0 Å². The number of hydrogen-bond acceptors (Lipinski definition) is 6. The Bertz CT molecular complexity index is 1190. The molecule has 0 aliphatic carbocycles. The van der Waals surface area contributed by atoms with Crippen LogP contribution in [0.3, 0.4) is 0 Å². The average molecular weight is 966 g/mol. The molecule has 0 fully saturated rings. The number of amides is 1. The van der Waals surface area contributed by atoms with Gasteiger partial charge in [-0.25, -0.2) is 0 Å². The summed E-state index contributed by atoms with van der Waals surface area (Å²) < 4.78 is 23.4. The van der Waals surface area contributed by atoms with Crippen LogP contribution in [0.15, 0.2) is 36.5 Å². The summed E-state index contributed by atoms with van der Waals surface area (Å²) in [5, 5.41) is 14.0. The third kappa shape index (κ3) is 52.4. The Morgan fingerprint density at radius 2 is 0.866 bits per heavy atom. The summed E-state index contributed by atoms with van der Waals surface area (Å²) >= 11 is 0. The molecule has 0 spiro atoms. The number of aliphatic hydroxyl groups excluding tert-OH is 1. The lowest BCUT2D eigenvalue weighted by molar-refractivity contribution is -0.870. The van der Waals surface area contributed by atoms with E-state index in [1.165, 1.54) is 199 Å². The fourth-order valence-electron chi connectivity index (χ4n) is 8.58. The molecule has 0 aliphatic rings. The minimum atomic E-state index is -4.57. The number of quaternary nitrogens is 1. The van der Waals surface area contributed by atoms with Gasteiger partial charge in [0.2, 0.25) is 5.91 Å². The number of carbonyl (C=O) groups is 1. The first-order valence-electron chi connectivity index (χ1n) is 28.8. The molecule has 0 radical (unpaired) electrons. The van der Waals surface area contributed by atoms with Crippen LogP contribution in [0.4, 0.5) is 0 Å². The fourth-order valence-corrected chi connectivity index (χ4v) is 9.30. The minimum absolute atomic E-state index is 0.0116. The SMILES string of the molecule is CCCCCCC/C=C\C/C=C\C/C=C\CCCCCCCCCCCCC(=O)NC(COP(=O)([O-])OCC[N+](C)(C)C)C(O)CCCCCCCCCCCCCCCCCCCCCC. The summed E-state index contributed by atoms with van der Waals surface area (Å²) in [4.78, 5) is 25.5. The molecule has 0 aromatic carbocycles. The van der Waals surface area contributed by atoms with Crippen LogP contribution in [-0.4, -0.2) is 68.5 Å². The van der Waals surface area contributed by atoms with Crippen LogP contribution < -0.4 is 10.2 Å². The second-order valence-corrected chi connectivity index (χ2v) is 22.4. The van der Waals surface area contributed by atoms with Gasteiger partial charge >= 0.3 is 0 Å². The van der Waals surface area contributed by atoms with Crippen molar-refractivity contribution < 1.29 is 32.9 Å². The fraction of sp³-hybridized carbons (Fsp3) is 0.879. The van der Waals surface area contributed by atoms with Gasteiger partial charge in [-0.15, -0.1) is 0 Å². The molecule has 8 nitrogen and oxygen atoms in total. The summed E-state index contributed by atoms with van der Waals surface area (Å²) in [6.07, 6.45) is 63.1. The number of nitrogens with zero attached hydrogens (tertiary/aromatic N) is 1. The Morgan fingerprint density at radius 1 is 0.522 bits per heavy atom. The summed E-state index contributed by atoms with van der Waals surface area (Å²) in [5.41, 5.74) is 0. The van der Waals surface area contributed by atoms with E-state index in [4.69, 9.17) is 9.05 Å². The van der Waals surface area contributed by atoms with Crippen molar-refractivity contribution in [2.45, 2.75) is 289 Å². The van der Waals surface area contributed by atoms with Crippen molar-refractivity contribution in [2.24, 2.45) is 0 Å². The Labute approximate surface area is 417 Å². The third-order valence-electron chi connectivity index (χ3n) is 13.1. The van der Waals surface area contributed by atoms with Gasteiger partial charge in [-0.2, -0.15) is 0 Å². The van der Waals surface area contributed by atoms with Crippen molar-refractivity contribution in [3.8, 4) is 0 Å². The Balaban J connectivity index is 4.18. The average Bonchev–Trinajstić information content (AvgIpc) is 3.29. The molecule has 2 N–H and O–H groups in total. The van der Waals surface area contributed by atoms with Gasteiger partial charge in [0.25, 0.3) is 7.82 Å². The van der Waals surface area contributed by atoms with E-state index < -0.39 is 20.0 Å². The highest BCUT2D eigenvalue weighted by molar-refractivity contribution is 7.45. The standard InChI is InChI=1S/C58H113N2O6P/c1-6-8-10-12-14-16-18-20-22-24-26-28-29-30-31-32-34-36-38-40-42-44-46-48-50-52-58(62)59-56(55-66-67(63,64)65-54-53-60(3,4)5)57(61)51-49-47-45-43-41-39-37-35-33-27-25-23-21-19-17-15-13-11-9-7-2/h18,20,24,26,29-30,56-57,61H,6-17,19,21-23,25,27-28,31-55H2,1-5H3,(H-,59,62,63,64)/b20-18-,26-24-,30-29-. The molecule has 0 aromatic rings. The van der Waals surface area contributed by atoms with E-state index in [1.54, 1.807) is 0 Å². The monoisotopic (exact) mass is 965 g/mol. The van der Waals surface area contributed by atoms with E-state index in [0.717, 1.165) is 51.4 Å². The largest absolute Gasteiger partial charge is 0.756 e. The van der Waals surface area contributed by atoms with Crippen molar-refractivity contribution >= 4 is 13.7 Å². The number of phosphoric acid groups is 1. The van der Waals surface area contributed by atoms with Gasteiger partial charge in [-0.3, -0.25) is 9.36 Å². The molecule has 0 aromatic heterocycles. The summed E-state index contributed by atoms with van der Waals surface area (Å²) in [6, 6.07) is -0.803. The lowest BCUT2D eigenvalue weighted by Gasteiger charge is -2.30. The predicted octanol–water partition coefficient (Wildman–Crippen LogP) is 16.7. The van der Waals surface area contributed by atoms with Crippen LogP contribution in [0.2, 0.25) is 0 Å². The van der Waals surface area contributed by atoms with Crippen LogP contribution in [-0.2, 0) is 18.4 Å². The molecular formula is C58H113N2O6P. The van der Waals surface area contributed by atoms with Crippen LogP contribution in [0.25, 0.3) is 0 Å². The van der Waals surface area contributed by atoms with Crippen molar-refractivity contribution in [3.05, 3.63) is 36.5 Å². The minimum Gasteiger partial charge on any atom is -0.756 e. The number of aliphatic hydroxyl groups is 1. The molecule has 396 valence electrons. The number of phosphoric ester groups is 1. The predicted molar refractivity (Wildman–Crippen MR) is 288 cm³/mol. The van der Waals surface area contributed by atoms with Gasteiger partial charge < -0.3 is 28.8 Å². The molecule has 0 bridgehead atoms. The molecule has 0 saturated heterocycles. The normalized spacial score (nSPS) is 14.2. The first-order valence-corrected chi connectivity index (χ1v) is 30.3. The highest BCUT2D eigenvalue weighted by Crippen LogP contribution is 2.38. The van der Waals surface area contributed by atoms with E-state index in [2.05, 4.69) is 55.6 Å². The molecule has 0 saturated carbocycles. The van der Waals surface area contributed by atoms with E-state index in [9.17, 15) is 19.4 Å². The molecule has 9 heteroatoms. The number of unbranched alkanes of at least 4 members (excludes halogenated alkanes) is 34. The summed E-state index contributed by atoms with van der Waals surface area (Å²) in [5.74, 6) is -0.166. The van der Waals surface area contributed by atoms with E-state index in [0.29, 0.717) is 23.9 Å². The number of hydrogen-bond donors (Lipinski definition) is 2. The Kier molecular flexibility index (Phi) is 48.7. The maximum absolute atomic E-state index is 13.0. The molecule has 67 heavy (non-hydrogen) atoms. The second-order valence-electron chi connectivity index (χ2n) is 21.0. The number of likely N-dealkylation sites (N-methyl/N-ethyl adjacent to an activating group) is 1. The number of carbonyl (C=O) groups excluding carboxylic acids is 1. The zero-order valence-electron chi connectivity index (χ0n) is 45.1. The summed E-state index contributed by atoms with van der Waals surface area (Å²) in [6.45, 7) is 4.74. The van der Waals surface area contributed by atoms with E-state index in [1.807, 2.05) is 21.1 Å². The van der Waals surface area contributed by atoms with Gasteiger partial charge in [0, 0.05) is 6.42 Å². The molecule has 3 atom stereocenters. The van der Waals surface area contributed by atoms with Gasteiger partial charge in [0.15, 0.2) is 0 Å². The Morgan fingerprint density at radius 3 is 1.25 bits per heavy atom. The van der Waals surface area contributed by atoms with Crippen molar-refractivity contribution in [1.29, 1.82) is 0 Å². The summed E-state index contributed by atoms with van der Waals surface area (Å²) in [7, 11) is 1.31. The highest BCUT2D eigenvalue weighted by atomic mass is 31.2. The number of allylic oxidation sites excluding steroid dienone is 6. The maximum atomic E-state index is 13.0. The van der Waals surface area contributed by atoms with Crippen molar-refractivity contribution in [1.82, 2.24) is 5.32 Å². The van der Waals surface area contributed by atoms with Crippen LogP contribution in [0, 0.1) is 0 Å². The molecule has 1 amide bonds. The molecule has 0 rings (SSSR count).